The molecule has 0 radical (unpaired) electrons. The van der Waals surface area contributed by atoms with Crippen molar-refractivity contribution in [1.82, 2.24) is 15.5 Å². The van der Waals surface area contributed by atoms with Crippen LogP contribution in [-0.2, 0) is 9.59 Å². The summed E-state index contributed by atoms with van der Waals surface area (Å²) >= 11 is 0. The number of amides is 2. The van der Waals surface area contributed by atoms with Crippen LogP contribution in [0.4, 0.5) is 0 Å². The topological polar surface area (TPSA) is 61.4 Å². The molecular formula is C10H18ClN3O2. The molecule has 0 saturated carbocycles. The SMILES string of the molecule is Cl.O=C(CN1CCCC1=O)NC1CCNC1. The Balaban J connectivity index is 0.00000128. The van der Waals surface area contributed by atoms with Crippen molar-refractivity contribution in [3.8, 4) is 0 Å². The first-order valence-electron chi connectivity index (χ1n) is 5.53. The Hall–Kier alpha value is -0.810. The molecule has 1 atom stereocenters. The Kier molecular flexibility index (Phi) is 5.02. The van der Waals surface area contributed by atoms with Crippen molar-refractivity contribution in [3.63, 3.8) is 0 Å². The van der Waals surface area contributed by atoms with Crippen LogP contribution in [0.5, 0.6) is 0 Å². The molecule has 2 heterocycles. The number of carbonyl (C=O) groups excluding carboxylic acids is 2. The fourth-order valence-corrected chi connectivity index (χ4v) is 2.10. The minimum Gasteiger partial charge on any atom is -0.351 e. The maximum Gasteiger partial charge on any atom is 0.239 e. The van der Waals surface area contributed by atoms with E-state index in [4.69, 9.17) is 0 Å². The molecule has 5 nitrogen and oxygen atoms in total. The minimum atomic E-state index is -0.0287. The van der Waals surface area contributed by atoms with Gasteiger partial charge in [-0.25, -0.2) is 0 Å². The summed E-state index contributed by atoms with van der Waals surface area (Å²) in [4.78, 5) is 24.5. The Morgan fingerprint density at radius 1 is 1.56 bits per heavy atom. The molecule has 0 aromatic carbocycles. The zero-order valence-corrected chi connectivity index (χ0v) is 10.0. The van der Waals surface area contributed by atoms with Crippen LogP contribution in [0.25, 0.3) is 0 Å². The van der Waals surface area contributed by atoms with Crippen LogP contribution in [0.2, 0.25) is 0 Å². The number of likely N-dealkylation sites (tertiary alicyclic amines) is 1. The van der Waals surface area contributed by atoms with E-state index in [1.165, 1.54) is 0 Å². The van der Waals surface area contributed by atoms with Gasteiger partial charge in [-0.15, -0.1) is 12.4 Å². The summed E-state index contributed by atoms with van der Waals surface area (Å²) in [7, 11) is 0. The van der Waals surface area contributed by atoms with Crippen LogP contribution in [0, 0.1) is 0 Å². The number of hydrogen-bond donors (Lipinski definition) is 2. The molecule has 2 aliphatic heterocycles. The summed E-state index contributed by atoms with van der Waals surface area (Å²) in [6, 6.07) is 0.246. The van der Waals surface area contributed by atoms with Gasteiger partial charge in [0.1, 0.15) is 0 Å². The molecule has 0 spiro atoms. The fourth-order valence-electron chi connectivity index (χ4n) is 2.10. The highest BCUT2D eigenvalue weighted by atomic mass is 35.5. The lowest BCUT2D eigenvalue weighted by molar-refractivity contribution is -0.133. The van der Waals surface area contributed by atoms with Crippen molar-refractivity contribution in [2.75, 3.05) is 26.2 Å². The third kappa shape index (κ3) is 3.35. The van der Waals surface area contributed by atoms with Gasteiger partial charge >= 0.3 is 0 Å². The van der Waals surface area contributed by atoms with E-state index in [0.29, 0.717) is 6.42 Å². The number of nitrogens with one attached hydrogen (secondary N) is 2. The van der Waals surface area contributed by atoms with Crippen LogP contribution in [-0.4, -0.2) is 48.9 Å². The maximum atomic E-state index is 11.6. The highest BCUT2D eigenvalue weighted by Gasteiger charge is 2.24. The molecule has 2 amide bonds. The molecule has 1 unspecified atom stereocenters. The molecule has 2 N–H and O–H groups in total. The fraction of sp³-hybridized carbons (Fsp3) is 0.800. The molecule has 0 aromatic rings. The molecule has 16 heavy (non-hydrogen) atoms. The highest BCUT2D eigenvalue weighted by Crippen LogP contribution is 2.08. The Morgan fingerprint density at radius 2 is 2.38 bits per heavy atom. The number of rotatable bonds is 3. The second-order valence-electron chi connectivity index (χ2n) is 4.18. The average Bonchev–Trinajstić information content (AvgIpc) is 2.79. The third-order valence-corrected chi connectivity index (χ3v) is 2.93. The molecule has 2 saturated heterocycles. The molecule has 0 bridgehead atoms. The van der Waals surface area contributed by atoms with Gasteiger partial charge in [0, 0.05) is 25.6 Å². The van der Waals surface area contributed by atoms with Crippen molar-refractivity contribution in [2.45, 2.75) is 25.3 Å². The van der Waals surface area contributed by atoms with Crippen LogP contribution < -0.4 is 10.6 Å². The van der Waals surface area contributed by atoms with Crippen molar-refractivity contribution in [1.29, 1.82) is 0 Å². The molecule has 2 fully saturated rings. The molecule has 2 aliphatic rings. The predicted octanol–water partition coefficient (Wildman–Crippen LogP) is -0.491. The van der Waals surface area contributed by atoms with E-state index in [-0.39, 0.29) is 36.8 Å². The number of nitrogens with zero attached hydrogens (tertiary/aromatic N) is 1. The number of hydrogen-bond acceptors (Lipinski definition) is 3. The van der Waals surface area contributed by atoms with Crippen LogP contribution in [0.15, 0.2) is 0 Å². The monoisotopic (exact) mass is 247 g/mol. The first kappa shape index (κ1) is 13.3. The van der Waals surface area contributed by atoms with Gasteiger partial charge in [-0.3, -0.25) is 9.59 Å². The summed E-state index contributed by atoms with van der Waals surface area (Å²) in [5.41, 5.74) is 0. The number of halogens is 1. The summed E-state index contributed by atoms with van der Waals surface area (Å²) in [6.45, 7) is 2.78. The zero-order chi connectivity index (χ0) is 10.7. The van der Waals surface area contributed by atoms with Gasteiger partial charge in [0.25, 0.3) is 0 Å². The van der Waals surface area contributed by atoms with Crippen molar-refractivity contribution >= 4 is 24.2 Å². The van der Waals surface area contributed by atoms with Crippen molar-refractivity contribution in [3.05, 3.63) is 0 Å². The molecule has 0 aromatic heterocycles. The molecule has 92 valence electrons. The lowest BCUT2D eigenvalue weighted by atomic mass is 10.2. The lowest BCUT2D eigenvalue weighted by Gasteiger charge is -2.17. The van der Waals surface area contributed by atoms with Crippen molar-refractivity contribution < 1.29 is 9.59 Å². The van der Waals surface area contributed by atoms with E-state index >= 15 is 0 Å². The normalized spacial score (nSPS) is 24.4. The van der Waals surface area contributed by atoms with Gasteiger partial charge < -0.3 is 15.5 Å². The standard InChI is InChI=1S/C10H17N3O2.ClH/c14-9(12-8-3-4-11-6-8)7-13-5-1-2-10(13)15;/h8,11H,1-7H2,(H,12,14);1H. The van der Waals surface area contributed by atoms with E-state index < -0.39 is 0 Å². The summed E-state index contributed by atoms with van der Waals surface area (Å²) in [6.07, 6.45) is 2.47. The van der Waals surface area contributed by atoms with Gasteiger partial charge in [0.05, 0.1) is 6.54 Å². The van der Waals surface area contributed by atoms with Gasteiger partial charge in [-0.1, -0.05) is 0 Å². The number of carbonyl (C=O) groups is 2. The maximum absolute atomic E-state index is 11.6. The quantitative estimate of drug-likeness (QED) is 0.708. The first-order valence-corrected chi connectivity index (χ1v) is 5.53. The second kappa shape index (κ2) is 6.06. The lowest BCUT2D eigenvalue weighted by Crippen LogP contribution is -2.43. The summed E-state index contributed by atoms with van der Waals surface area (Å²) in [5.74, 6) is 0.0775. The Bertz CT molecular complexity index is 267. The van der Waals surface area contributed by atoms with Crippen LogP contribution in [0.1, 0.15) is 19.3 Å². The van der Waals surface area contributed by atoms with Crippen LogP contribution in [0.3, 0.4) is 0 Å². The smallest absolute Gasteiger partial charge is 0.239 e. The molecule has 2 rings (SSSR count). The minimum absolute atomic E-state index is 0. The third-order valence-electron chi connectivity index (χ3n) is 2.93. The van der Waals surface area contributed by atoms with E-state index in [2.05, 4.69) is 10.6 Å². The van der Waals surface area contributed by atoms with E-state index in [9.17, 15) is 9.59 Å². The average molecular weight is 248 g/mol. The van der Waals surface area contributed by atoms with Crippen LogP contribution >= 0.6 is 12.4 Å². The first-order chi connectivity index (χ1) is 7.25. The molecule has 0 aliphatic carbocycles. The Labute approximate surface area is 101 Å². The summed E-state index contributed by atoms with van der Waals surface area (Å²) < 4.78 is 0. The second-order valence-corrected chi connectivity index (χ2v) is 4.18. The zero-order valence-electron chi connectivity index (χ0n) is 9.20. The Morgan fingerprint density at radius 3 is 2.94 bits per heavy atom. The van der Waals surface area contributed by atoms with Gasteiger partial charge in [0.15, 0.2) is 0 Å². The van der Waals surface area contributed by atoms with Gasteiger partial charge in [0.2, 0.25) is 11.8 Å². The van der Waals surface area contributed by atoms with Gasteiger partial charge in [-0.05, 0) is 19.4 Å². The molecule has 6 heteroatoms. The predicted molar refractivity (Wildman–Crippen MR) is 62.5 cm³/mol. The summed E-state index contributed by atoms with van der Waals surface area (Å²) in [5, 5.41) is 6.12. The van der Waals surface area contributed by atoms with Crippen molar-refractivity contribution in [2.24, 2.45) is 0 Å². The van der Waals surface area contributed by atoms with Gasteiger partial charge in [-0.2, -0.15) is 0 Å². The highest BCUT2D eigenvalue weighted by molar-refractivity contribution is 5.86. The molecular weight excluding hydrogens is 230 g/mol. The van der Waals surface area contributed by atoms with E-state index in [1.807, 2.05) is 0 Å². The van der Waals surface area contributed by atoms with E-state index in [1.54, 1.807) is 4.90 Å². The largest absolute Gasteiger partial charge is 0.351 e. The van der Waals surface area contributed by atoms with E-state index in [0.717, 1.165) is 32.5 Å².